The summed E-state index contributed by atoms with van der Waals surface area (Å²) < 4.78 is 10.3. The van der Waals surface area contributed by atoms with Crippen LogP contribution >= 0.6 is 0 Å². The Morgan fingerprint density at radius 3 is 2.83 bits per heavy atom. The van der Waals surface area contributed by atoms with Gasteiger partial charge in [-0.3, -0.25) is 0 Å². The summed E-state index contributed by atoms with van der Waals surface area (Å²) in [5.41, 5.74) is 1.65. The molecule has 1 rings (SSSR count). The summed E-state index contributed by atoms with van der Waals surface area (Å²) in [4.78, 5) is 11.3. The summed E-state index contributed by atoms with van der Waals surface area (Å²) in [5, 5.41) is 8.79. The Kier molecular flexibility index (Phi) is 4.94. The van der Waals surface area contributed by atoms with Crippen LogP contribution in [0.5, 0.6) is 5.75 Å². The second-order valence-corrected chi connectivity index (χ2v) is 3.70. The highest BCUT2D eigenvalue weighted by Gasteiger charge is 2.09. The van der Waals surface area contributed by atoms with E-state index in [2.05, 4.69) is 6.58 Å². The van der Waals surface area contributed by atoms with Crippen LogP contribution in [0.25, 0.3) is 0 Å². The van der Waals surface area contributed by atoms with Crippen molar-refractivity contribution in [3.05, 3.63) is 41.5 Å². The highest BCUT2D eigenvalue weighted by Crippen LogP contribution is 2.19. The van der Waals surface area contributed by atoms with E-state index in [1.165, 1.54) is 0 Å². The summed E-state index contributed by atoms with van der Waals surface area (Å²) in [5.74, 6) is 0.103. The van der Waals surface area contributed by atoms with Crippen molar-refractivity contribution in [2.45, 2.75) is 13.8 Å². The molecule has 4 nitrogen and oxygen atoms in total. The van der Waals surface area contributed by atoms with E-state index < -0.39 is 5.97 Å². The van der Waals surface area contributed by atoms with Crippen molar-refractivity contribution in [3.63, 3.8) is 0 Å². The second kappa shape index (κ2) is 6.45. The number of benzene rings is 1. The summed E-state index contributed by atoms with van der Waals surface area (Å²) in [6, 6.07) is 7.17. The summed E-state index contributed by atoms with van der Waals surface area (Å²) in [6.07, 6.45) is 0. The third-order valence-corrected chi connectivity index (χ3v) is 2.28. The van der Waals surface area contributed by atoms with Gasteiger partial charge in [0.25, 0.3) is 0 Å². The second-order valence-electron chi connectivity index (χ2n) is 3.70. The Bertz CT molecular complexity index is 500. The van der Waals surface area contributed by atoms with Gasteiger partial charge in [0.15, 0.2) is 0 Å². The minimum atomic E-state index is -0.466. The van der Waals surface area contributed by atoms with Gasteiger partial charge in [-0.1, -0.05) is 12.6 Å². The molecule has 0 aliphatic carbocycles. The molecule has 94 valence electrons. The smallest absolute Gasteiger partial charge is 0.336 e. The van der Waals surface area contributed by atoms with Crippen molar-refractivity contribution >= 4 is 5.97 Å². The number of aryl methyl sites for hydroxylation is 1. The maximum Gasteiger partial charge on any atom is 0.336 e. The number of hydrogen-bond donors (Lipinski definition) is 0. The number of carbonyl (C=O) groups excluding carboxylic acids is 1. The maximum atomic E-state index is 11.3. The zero-order chi connectivity index (χ0) is 13.5. The molecular formula is C14H15NO3. The van der Waals surface area contributed by atoms with Crippen LogP contribution in [0.2, 0.25) is 0 Å². The van der Waals surface area contributed by atoms with Crippen molar-refractivity contribution in [1.29, 1.82) is 5.26 Å². The first kappa shape index (κ1) is 13.8. The molecule has 0 aliphatic rings. The molecule has 0 unspecified atom stereocenters. The zero-order valence-electron chi connectivity index (χ0n) is 10.5. The largest absolute Gasteiger partial charge is 0.488 e. The average molecular weight is 245 g/mol. The summed E-state index contributed by atoms with van der Waals surface area (Å²) in [6.45, 7) is 7.55. The van der Waals surface area contributed by atoms with Crippen molar-refractivity contribution in [3.8, 4) is 11.8 Å². The predicted octanol–water partition coefficient (Wildman–Crippen LogP) is 2.36. The fraction of sp³-hybridized carbons (Fsp3) is 0.286. The van der Waals surface area contributed by atoms with Crippen LogP contribution in [0, 0.1) is 18.3 Å². The SMILES string of the molecule is C=C(COc1cc(C#N)ccc1C)C(=O)OCC. The molecule has 1 aromatic rings. The topological polar surface area (TPSA) is 59.3 Å². The van der Waals surface area contributed by atoms with Gasteiger partial charge in [-0.2, -0.15) is 5.26 Å². The standard InChI is InChI=1S/C14H15NO3/c1-4-17-14(16)11(3)9-18-13-7-12(8-15)6-5-10(13)2/h5-7H,3-4,9H2,1-2H3. The lowest BCUT2D eigenvalue weighted by Crippen LogP contribution is -2.13. The molecule has 0 bridgehead atoms. The van der Waals surface area contributed by atoms with E-state index >= 15 is 0 Å². The van der Waals surface area contributed by atoms with E-state index in [-0.39, 0.29) is 12.2 Å². The Labute approximate surface area is 106 Å². The molecule has 0 spiro atoms. The van der Waals surface area contributed by atoms with Crippen LogP contribution in [0.4, 0.5) is 0 Å². The van der Waals surface area contributed by atoms with Crippen molar-refractivity contribution in [2.75, 3.05) is 13.2 Å². The third-order valence-electron chi connectivity index (χ3n) is 2.28. The number of hydrogen-bond acceptors (Lipinski definition) is 4. The quantitative estimate of drug-likeness (QED) is 0.590. The zero-order valence-corrected chi connectivity index (χ0v) is 10.5. The molecule has 0 atom stereocenters. The van der Waals surface area contributed by atoms with E-state index in [4.69, 9.17) is 14.7 Å². The van der Waals surface area contributed by atoms with Gasteiger partial charge >= 0.3 is 5.97 Å². The molecule has 1 aromatic carbocycles. The van der Waals surface area contributed by atoms with Gasteiger partial charge in [0.1, 0.15) is 12.4 Å². The van der Waals surface area contributed by atoms with Crippen LogP contribution in [0.15, 0.2) is 30.4 Å². The first-order valence-corrected chi connectivity index (χ1v) is 5.57. The number of nitrogens with zero attached hydrogens (tertiary/aromatic N) is 1. The molecule has 0 radical (unpaired) electrons. The Morgan fingerprint density at radius 1 is 1.50 bits per heavy atom. The van der Waals surface area contributed by atoms with E-state index in [1.807, 2.05) is 13.0 Å². The van der Waals surface area contributed by atoms with Gasteiger partial charge in [0, 0.05) is 0 Å². The molecule has 0 N–H and O–H groups in total. The first-order chi connectivity index (χ1) is 8.58. The van der Waals surface area contributed by atoms with Gasteiger partial charge < -0.3 is 9.47 Å². The van der Waals surface area contributed by atoms with Crippen LogP contribution in [-0.2, 0) is 9.53 Å². The highest BCUT2D eigenvalue weighted by molar-refractivity contribution is 5.88. The Morgan fingerprint density at radius 2 is 2.22 bits per heavy atom. The van der Waals surface area contributed by atoms with Crippen LogP contribution in [0.1, 0.15) is 18.1 Å². The summed E-state index contributed by atoms with van der Waals surface area (Å²) >= 11 is 0. The number of nitriles is 1. The van der Waals surface area contributed by atoms with Crippen molar-refractivity contribution in [1.82, 2.24) is 0 Å². The Hall–Kier alpha value is -2.28. The molecule has 0 amide bonds. The molecule has 0 aliphatic heterocycles. The first-order valence-electron chi connectivity index (χ1n) is 5.57. The number of rotatable bonds is 5. The molecule has 0 saturated carbocycles. The lowest BCUT2D eigenvalue weighted by molar-refractivity contribution is -0.138. The predicted molar refractivity (Wildman–Crippen MR) is 67.2 cm³/mol. The minimum absolute atomic E-state index is 0.0502. The fourth-order valence-corrected chi connectivity index (χ4v) is 1.28. The molecule has 0 fully saturated rings. The van der Waals surface area contributed by atoms with Gasteiger partial charge in [-0.05, 0) is 31.5 Å². The van der Waals surface area contributed by atoms with Crippen LogP contribution in [0.3, 0.4) is 0 Å². The molecule has 0 aromatic heterocycles. The summed E-state index contributed by atoms with van der Waals surface area (Å²) in [7, 11) is 0. The van der Waals surface area contributed by atoms with E-state index in [0.717, 1.165) is 5.56 Å². The van der Waals surface area contributed by atoms with Gasteiger partial charge in [0.05, 0.1) is 23.8 Å². The lowest BCUT2D eigenvalue weighted by Gasteiger charge is -2.10. The molecule has 18 heavy (non-hydrogen) atoms. The number of carbonyl (C=O) groups is 1. The fourth-order valence-electron chi connectivity index (χ4n) is 1.28. The van der Waals surface area contributed by atoms with Crippen molar-refractivity contribution < 1.29 is 14.3 Å². The molecule has 4 heteroatoms. The van der Waals surface area contributed by atoms with Gasteiger partial charge in [-0.15, -0.1) is 0 Å². The highest BCUT2D eigenvalue weighted by atomic mass is 16.5. The maximum absolute atomic E-state index is 11.3. The molecule has 0 heterocycles. The molecular weight excluding hydrogens is 230 g/mol. The van der Waals surface area contributed by atoms with Gasteiger partial charge in [0.2, 0.25) is 0 Å². The lowest BCUT2D eigenvalue weighted by atomic mass is 10.1. The monoisotopic (exact) mass is 245 g/mol. The average Bonchev–Trinajstić information content (AvgIpc) is 2.37. The minimum Gasteiger partial charge on any atom is -0.488 e. The van der Waals surface area contributed by atoms with E-state index in [0.29, 0.717) is 17.9 Å². The third kappa shape index (κ3) is 3.63. The normalized spacial score (nSPS) is 9.39. The number of esters is 1. The molecule has 0 saturated heterocycles. The van der Waals surface area contributed by atoms with Crippen molar-refractivity contribution in [2.24, 2.45) is 0 Å². The van der Waals surface area contributed by atoms with Crippen LogP contribution in [-0.4, -0.2) is 19.2 Å². The van der Waals surface area contributed by atoms with E-state index in [1.54, 1.807) is 25.1 Å². The Balaban J connectivity index is 2.66. The van der Waals surface area contributed by atoms with Crippen LogP contribution < -0.4 is 4.74 Å². The van der Waals surface area contributed by atoms with Gasteiger partial charge in [-0.25, -0.2) is 4.79 Å². The number of ether oxygens (including phenoxy) is 2. The van der Waals surface area contributed by atoms with E-state index in [9.17, 15) is 4.79 Å².